The number of nitrogens with zero attached hydrogens (tertiary/aromatic N) is 1. The molecular weight excluding hydrogens is 274 g/mol. The van der Waals surface area contributed by atoms with E-state index in [4.69, 9.17) is 9.84 Å². The van der Waals surface area contributed by atoms with Crippen molar-refractivity contribution in [2.24, 2.45) is 11.8 Å². The van der Waals surface area contributed by atoms with Crippen LogP contribution in [0.25, 0.3) is 0 Å². The molecule has 6 nitrogen and oxygen atoms in total. The molecule has 2 unspecified atom stereocenters. The minimum atomic E-state index is -0.872. The van der Waals surface area contributed by atoms with E-state index in [1.807, 2.05) is 0 Å². The number of aliphatic hydroxyl groups is 1. The Morgan fingerprint density at radius 2 is 1.86 bits per heavy atom. The summed E-state index contributed by atoms with van der Waals surface area (Å²) in [5, 5.41) is 19.6. The molecular formula is C15H25NO5. The lowest BCUT2D eigenvalue weighted by atomic mass is 9.80. The zero-order valence-electron chi connectivity index (χ0n) is 12.6. The molecule has 0 radical (unpaired) electrons. The largest absolute Gasteiger partial charge is 0.481 e. The van der Waals surface area contributed by atoms with Gasteiger partial charge >= 0.3 is 5.97 Å². The number of carboxylic acids is 1. The second-order valence-electron chi connectivity index (χ2n) is 6.43. The summed E-state index contributed by atoms with van der Waals surface area (Å²) >= 11 is 0. The predicted molar refractivity (Wildman–Crippen MR) is 75.7 cm³/mol. The first-order chi connectivity index (χ1) is 9.91. The summed E-state index contributed by atoms with van der Waals surface area (Å²) in [6.45, 7) is 1.33. The average Bonchev–Trinajstić information content (AvgIpc) is 2.46. The van der Waals surface area contributed by atoms with Crippen molar-refractivity contribution in [1.29, 1.82) is 0 Å². The van der Waals surface area contributed by atoms with Gasteiger partial charge in [0.15, 0.2) is 0 Å². The molecule has 1 heterocycles. The van der Waals surface area contributed by atoms with Crippen LogP contribution in [-0.2, 0) is 14.3 Å². The van der Waals surface area contributed by atoms with Crippen LogP contribution in [0.3, 0.4) is 0 Å². The third-order valence-electron chi connectivity index (χ3n) is 4.70. The third-order valence-corrected chi connectivity index (χ3v) is 4.70. The maximum atomic E-state index is 12.5. The number of carbonyl (C=O) groups excluding carboxylic acids is 1. The van der Waals surface area contributed by atoms with Crippen molar-refractivity contribution in [3.05, 3.63) is 0 Å². The Labute approximate surface area is 125 Å². The summed E-state index contributed by atoms with van der Waals surface area (Å²) in [6.07, 6.45) is 3.66. The van der Waals surface area contributed by atoms with E-state index in [2.05, 4.69) is 0 Å². The van der Waals surface area contributed by atoms with Crippen molar-refractivity contribution in [2.45, 2.75) is 44.1 Å². The molecule has 0 aromatic rings. The molecule has 1 saturated heterocycles. The lowest BCUT2D eigenvalue weighted by Gasteiger charge is -2.37. The SMILES string of the molecule is CN(CC1(O)CCOCC1)C(=O)C1CCCC(C(=O)O)C1. The second-order valence-corrected chi connectivity index (χ2v) is 6.43. The number of rotatable bonds is 4. The van der Waals surface area contributed by atoms with Crippen LogP contribution in [0.1, 0.15) is 38.5 Å². The molecule has 0 bridgehead atoms. The molecule has 1 amide bonds. The van der Waals surface area contributed by atoms with Crippen molar-refractivity contribution in [1.82, 2.24) is 4.90 Å². The van der Waals surface area contributed by atoms with Gasteiger partial charge in [-0.3, -0.25) is 9.59 Å². The third kappa shape index (κ3) is 4.17. The molecule has 1 aliphatic heterocycles. The molecule has 2 fully saturated rings. The fourth-order valence-corrected chi connectivity index (χ4v) is 3.38. The van der Waals surface area contributed by atoms with Gasteiger partial charge in [0.1, 0.15) is 0 Å². The maximum Gasteiger partial charge on any atom is 0.306 e. The number of hydrogen-bond acceptors (Lipinski definition) is 4. The molecule has 1 saturated carbocycles. The number of likely N-dealkylation sites (N-methyl/N-ethyl adjacent to an activating group) is 1. The standard InChI is InChI=1S/C15H25NO5/c1-16(10-15(20)5-7-21-8-6-15)13(17)11-3-2-4-12(9-11)14(18)19/h11-12,20H,2-10H2,1H3,(H,18,19). The fraction of sp³-hybridized carbons (Fsp3) is 0.867. The van der Waals surface area contributed by atoms with E-state index in [1.165, 1.54) is 0 Å². The Hall–Kier alpha value is -1.14. The van der Waals surface area contributed by atoms with Gasteiger partial charge in [-0.25, -0.2) is 0 Å². The van der Waals surface area contributed by atoms with Crippen molar-refractivity contribution < 1.29 is 24.5 Å². The Morgan fingerprint density at radius 1 is 1.24 bits per heavy atom. The molecule has 0 spiro atoms. The second kappa shape index (κ2) is 6.75. The molecule has 6 heteroatoms. The van der Waals surface area contributed by atoms with Crippen LogP contribution in [0.4, 0.5) is 0 Å². The highest BCUT2D eigenvalue weighted by molar-refractivity contribution is 5.80. The number of carbonyl (C=O) groups is 2. The minimum absolute atomic E-state index is 0.0409. The van der Waals surface area contributed by atoms with E-state index in [0.717, 1.165) is 12.8 Å². The van der Waals surface area contributed by atoms with Gasteiger partial charge in [-0.2, -0.15) is 0 Å². The minimum Gasteiger partial charge on any atom is -0.481 e. The van der Waals surface area contributed by atoms with Crippen LogP contribution in [0, 0.1) is 11.8 Å². The molecule has 0 aromatic carbocycles. The van der Waals surface area contributed by atoms with Crippen LogP contribution in [0.5, 0.6) is 0 Å². The van der Waals surface area contributed by atoms with Gasteiger partial charge in [0, 0.05) is 45.6 Å². The summed E-state index contributed by atoms with van der Waals surface area (Å²) in [5.41, 5.74) is -0.872. The highest BCUT2D eigenvalue weighted by Crippen LogP contribution is 2.31. The Morgan fingerprint density at radius 3 is 2.48 bits per heavy atom. The van der Waals surface area contributed by atoms with Crippen molar-refractivity contribution in [3.63, 3.8) is 0 Å². The number of hydrogen-bond donors (Lipinski definition) is 2. The Balaban J connectivity index is 1.90. The van der Waals surface area contributed by atoms with Crippen molar-refractivity contribution in [3.8, 4) is 0 Å². The van der Waals surface area contributed by atoms with E-state index in [-0.39, 0.29) is 11.8 Å². The topological polar surface area (TPSA) is 87.1 Å². The monoisotopic (exact) mass is 299 g/mol. The van der Waals surface area contributed by atoms with Gasteiger partial charge in [0.05, 0.1) is 11.5 Å². The molecule has 2 aliphatic rings. The molecule has 120 valence electrons. The lowest BCUT2D eigenvalue weighted by Crippen LogP contribution is -2.49. The summed E-state index contributed by atoms with van der Waals surface area (Å²) in [5.74, 6) is -1.49. The van der Waals surface area contributed by atoms with Crippen LogP contribution >= 0.6 is 0 Å². The predicted octanol–water partition coefficient (Wildman–Crippen LogP) is 0.877. The van der Waals surface area contributed by atoms with Crippen LogP contribution in [0.15, 0.2) is 0 Å². The Kier molecular flexibility index (Phi) is 5.22. The fourth-order valence-electron chi connectivity index (χ4n) is 3.38. The molecule has 1 aliphatic carbocycles. The normalized spacial score (nSPS) is 28.9. The first kappa shape index (κ1) is 16.2. The van der Waals surface area contributed by atoms with Gasteiger partial charge < -0.3 is 19.8 Å². The average molecular weight is 299 g/mol. The number of aliphatic carboxylic acids is 1. The van der Waals surface area contributed by atoms with Gasteiger partial charge in [0.2, 0.25) is 5.91 Å². The highest BCUT2D eigenvalue weighted by atomic mass is 16.5. The van der Waals surface area contributed by atoms with E-state index >= 15 is 0 Å². The van der Waals surface area contributed by atoms with Gasteiger partial charge in [0.25, 0.3) is 0 Å². The van der Waals surface area contributed by atoms with E-state index in [1.54, 1.807) is 11.9 Å². The maximum absolute atomic E-state index is 12.5. The van der Waals surface area contributed by atoms with E-state index in [0.29, 0.717) is 45.4 Å². The van der Waals surface area contributed by atoms with E-state index in [9.17, 15) is 14.7 Å². The summed E-state index contributed by atoms with van der Waals surface area (Å²) < 4.78 is 5.23. The number of carboxylic acid groups (broad SMARTS) is 1. The molecule has 0 aromatic heterocycles. The van der Waals surface area contributed by atoms with Crippen LogP contribution in [-0.4, -0.2) is 59.4 Å². The molecule has 2 atom stereocenters. The summed E-state index contributed by atoms with van der Waals surface area (Å²) in [4.78, 5) is 25.1. The highest BCUT2D eigenvalue weighted by Gasteiger charge is 2.36. The van der Waals surface area contributed by atoms with Crippen molar-refractivity contribution >= 4 is 11.9 Å². The quantitative estimate of drug-likeness (QED) is 0.804. The summed E-state index contributed by atoms with van der Waals surface area (Å²) in [6, 6.07) is 0. The smallest absolute Gasteiger partial charge is 0.306 e. The van der Waals surface area contributed by atoms with Crippen LogP contribution in [0.2, 0.25) is 0 Å². The van der Waals surface area contributed by atoms with Gasteiger partial charge in [-0.05, 0) is 19.3 Å². The summed E-state index contributed by atoms with van der Waals surface area (Å²) in [7, 11) is 1.69. The zero-order chi connectivity index (χ0) is 15.5. The lowest BCUT2D eigenvalue weighted by molar-refractivity contribution is -0.147. The van der Waals surface area contributed by atoms with Crippen LogP contribution < -0.4 is 0 Å². The molecule has 2 N–H and O–H groups in total. The first-order valence-corrected chi connectivity index (χ1v) is 7.69. The van der Waals surface area contributed by atoms with Gasteiger partial charge in [-0.1, -0.05) is 6.42 Å². The number of ether oxygens (including phenoxy) is 1. The number of amides is 1. The van der Waals surface area contributed by atoms with E-state index < -0.39 is 17.5 Å². The zero-order valence-corrected chi connectivity index (χ0v) is 12.6. The van der Waals surface area contributed by atoms with Crippen molar-refractivity contribution in [2.75, 3.05) is 26.8 Å². The molecule has 21 heavy (non-hydrogen) atoms. The first-order valence-electron chi connectivity index (χ1n) is 7.69. The van der Waals surface area contributed by atoms with Gasteiger partial charge in [-0.15, -0.1) is 0 Å². The Bertz CT molecular complexity index is 392. The molecule has 2 rings (SSSR count).